The number of nitro groups is 1. The van der Waals surface area contributed by atoms with E-state index >= 15 is 0 Å². The van der Waals surface area contributed by atoms with Gasteiger partial charge in [0.2, 0.25) is 0 Å². The van der Waals surface area contributed by atoms with Gasteiger partial charge < -0.3 is 4.90 Å². The van der Waals surface area contributed by atoms with E-state index < -0.39 is 21.6 Å². The quantitative estimate of drug-likeness (QED) is 0.423. The van der Waals surface area contributed by atoms with Gasteiger partial charge in [-0.3, -0.25) is 14.9 Å². The van der Waals surface area contributed by atoms with Gasteiger partial charge in [-0.15, -0.1) is 0 Å². The van der Waals surface area contributed by atoms with Crippen molar-refractivity contribution < 1.29 is 13.9 Å². The maximum Gasteiger partial charge on any atom is 0.286 e. The van der Waals surface area contributed by atoms with Crippen LogP contribution in [0.3, 0.4) is 0 Å². The Morgan fingerprint density at radius 3 is 2.45 bits per heavy atom. The van der Waals surface area contributed by atoms with Crippen LogP contribution in [0.15, 0.2) is 76.5 Å². The van der Waals surface area contributed by atoms with Gasteiger partial charge in [-0.2, -0.15) is 0 Å². The number of halogens is 1. The summed E-state index contributed by atoms with van der Waals surface area (Å²) >= 11 is 5.93. The Labute approximate surface area is 175 Å². The number of benzene rings is 3. The molecule has 3 aromatic rings. The minimum atomic E-state index is -1.81. The number of carbonyl (C=O) groups excluding carboxylic acids is 1. The first kappa shape index (κ1) is 20.7. The van der Waals surface area contributed by atoms with Crippen LogP contribution >= 0.6 is 11.6 Å². The summed E-state index contributed by atoms with van der Waals surface area (Å²) < 4.78 is 12.9. The minimum Gasteiger partial charge on any atom is -0.311 e. The second-order valence-corrected chi connectivity index (χ2v) is 8.20. The van der Waals surface area contributed by atoms with Crippen molar-refractivity contribution in [2.75, 3.05) is 11.9 Å². The zero-order valence-corrected chi connectivity index (χ0v) is 17.2. The Morgan fingerprint density at radius 1 is 1.07 bits per heavy atom. The van der Waals surface area contributed by atoms with Crippen LogP contribution in [0.2, 0.25) is 5.02 Å². The number of hydrogen-bond donors (Lipinski definition) is 0. The molecule has 0 spiro atoms. The predicted octanol–water partition coefficient (Wildman–Crippen LogP) is 5.00. The molecule has 3 rings (SSSR count). The molecule has 1 atom stereocenters. The number of anilines is 1. The molecule has 3 aromatic carbocycles. The molecule has 0 aromatic heterocycles. The Balaban J connectivity index is 2.00. The maximum absolute atomic E-state index is 12.9. The number of para-hydroxylation sites is 1. The molecule has 148 valence electrons. The summed E-state index contributed by atoms with van der Waals surface area (Å²) in [5.74, 6) is -0.400. The lowest BCUT2D eigenvalue weighted by atomic mass is 10.1. The van der Waals surface area contributed by atoms with Crippen LogP contribution < -0.4 is 4.90 Å². The maximum atomic E-state index is 12.9. The van der Waals surface area contributed by atoms with Gasteiger partial charge in [-0.05, 0) is 48.9 Å². The Morgan fingerprint density at radius 2 is 1.79 bits per heavy atom. The summed E-state index contributed by atoms with van der Waals surface area (Å²) in [6.45, 7) is 1.87. The second kappa shape index (κ2) is 8.55. The molecular formula is C21H17ClN2O4S. The molecule has 1 unspecified atom stereocenters. The Kier molecular flexibility index (Phi) is 6.10. The van der Waals surface area contributed by atoms with Crippen LogP contribution in [-0.2, 0) is 10.8 Å². The molecule has 0 heterocycles. The normalized spacial score (nSPS) is 11.7. The summed E-state index contributed by atoms with van der Waals surface area (Å²) in [5.41, 5.74) is 1.35. The van der Waals surface area contributed by atoms with Crippen LogP contribution in [0.4, 0.5) is 11.4 Å². The highest BCUT2D eigenvalue weighted by Crippen LogP contribution is 2.29. The molecule has 0 saturated carbocycles. The lowest BCUT2D eigenvalue weighted by molar-refractivity contribution is -0.387. The van der Waals surface area contributed by atoms with E-state index in [-0.39, 0.29) is 16.1 Å². The molecule has 6 nitrogen and oxygen atoms in total. The van der Waals surface area contributed by atoms with Gasteiger partial charge in [0.1, 0.15) is 4.90 Å². The van der Waals surface area contributed by atoms with Gasteiger partial charge in [0.15, 0.2) is 0 Å². The van der Waals surface area contributed by atoms with Crippen molar-refractivity contribution in [1.29, 1.82) is 0 Å². The van der Waals surface area contributed by atoms with Gasteiger partial charge in [-0.25, -0.2) is 4.21 Å². The van der Waals surface area contributed by atoms with Crippen molar-refractivity contribution in [2.24, 2.45) is 0 Å². The third-order valence-electron chi connectivity index (χ3n) is 4.39. The molecule has 0 bridgehead atoms. The summed E-state index contributed by atoms with van der Waals surface area (Å²) in [7, 11) is -0.206. The lowest BCUT2D eigenvalue weighted by Crippen LogP contribution is -2.27. The number of rotatable bonds is 5. The number of carbonyl (C=O) groups is 1. The van der Waals surface area contributed by atoms with Gasteiger partial charge in [0, 0.05) is 34.3 Å². The van der Waals surface area contributed by atoms with E-state index in [0.29, 0.717) is 15.6 Å². The highest BCUT2D eigenvalue weighted by Gasteiger charge is 2.24. The molecule has 0 fully saturated rings. The van der Waals surface area contributed by atoms with Crippen LogP contribution in [0.1, 0.15) is 15.9 Å². The topological polar surface area (TPSA) is 80.5 Å². The highest BCUT2D eigenvalue weighted by molar-refractivity contribution is 7.85. The van der Waals surface area contributed by atoms with Gasteiger partial charge >= 0.3 is 0 Å². The molecule has 0 aliphatic rings. The van der Waals surface area contributed by atoms with Crippen molar-refractivity contribution in [3.63, 3.8) is 0 Å². The summed E-state index contributed by atoms with van der Waals surface area (Å²) in [5, 5.41) is 12.0. The second-order valence-electron chi connectivity index (χ2n) is 6.32. The van der Waals surface area contributed by atoms with Crippen LogP contribution in [-0.4, -0.2) is 22.1 Å². The van der Waals surface area contributed by atoms with Gasteiger partial charge in [-0.1, -0.05) is 35.9 Å². The molecule has 1 amide bonds. The number of aryl methyl sites for hydroxylation is 1. The molecule has 0 N–H and O–H groups in total. The molecular weight excluding hydrogens is 412 g/mol. The molecule has 0 saturated heterocycles. The van der Waals surface area contributed by atoms with Crippen LogP contribution in [0.25, 0.3) is 0 Å². The fourth-order valence-electron chi connectivity index (χ4n) is 2.90. The van der Waals surface area contributed by atoms with Crippen molar-refractivity contribution in [1.82, 2.24) is 0 Å². The van der Waals surface area contributed by atoms with E-state index in [1.807, 2.05) is 25.1 Å². The van der Waals surface area contributed by atoms with Gasteiger partial charge in [0.25, 0.3) is 11.6 Å². The first-order valence-electron chi connectivity index (χ1n) is 8.59. The summed E-state index contributed by atoms with van der Waals surface area (Å²) in [6.07, 6.45) is 0. The van der Waals surface area contributed by atoms with E-state index in [9.17, 15) is 19.1 Å². The van der Waals surface area contributed by atoms with E-state index in [1.54, 1.807) is 31.3 Å². The predicted molar refractivity (Wildman–Crippen MR) is 113 cm³/mol. The first-order chi connectivity index (χ1) is 13.8. The third kappa shape index (κ3) is 4.36. The average Bonchev–Trinajstić information content (AvgIpc) is 2.72. The zero-order chi connectivity index (χ0) is 21.1. The summed E-state index contributed by atoms with van der Waals surface area (Å²) in [6, 6.07) is 17.6. The SMILES string of the molecule is Cc1ccccc1N(C)C(=O)c1ccc(S(=O)c2cccc(Cl)c2)c([N+](=O)[O-])c1. The standard InChI is InChI=1S/C21H17ClN2O4S/c1-14-6-3-4-9-18(14)23(2)21(25)15-10-11-20(19(12-15)24(26)27)29(28)17-8-5-7-16(22)13-17/h3-13H,1-2H3. The largest absolute Gasteiger partial charge is 0.311 e. The average molecular weight is 429 g/mol. The number of hydrogen-bond acceptors (Lipinski definition) is 4. The van der Waals surface area contributed by atoms with Crippen LogP contribution in [0.5, 0.6) is 0 Å². The Bertz CT molecular complexity index is 1130. The zero-order valence-electron chi connectivity index (χ0n) is 15.7. The van der Waals surface area contributed by atoms with E-state index in [0.717, 1.165) is 11.6 Å². The Hall–Kier alpha value is -3.03. The summed E-state index contributed by atoms with van der Waals surface area (Å²) in [4.78, 5) is 25.6. The van der Waals surface area contributed by atoms with E-state index in [1.165, 1.54) is 23.1 Å². The third-order valence-corrected chi connectivity index (χ3v) is 6.06. The van der Waals surface area contributed by atoms with Crippen molar-refractivity contribution in [3.8, 4) is 0 Å². The van der Waals surface area contributed by atoms with Crippen LogP contribution in [0, 0.1) is 17.0 Å². The molecule has 29 heavy (non-hydrogen) atoms. The minimum absolute atomic E-state index is 0.00682. The lowest BCUT2D eigenvalue weighted by Gasteiger charge is -2.19. The van der Waals surface area contributed by atoms with Crippen molar-refractivity contribution in [2.45, 2.75) is 16.7 Å². The molecule has 0 aliphatic carbocycles. The monoisotopic (exact) mass is 428 g/mol. The molecule has 8 heteroatoms. The highest BCUT2D eigenvalue weighted by atomic mass is 35.5. The molecule has 0 radical (unpaired) electrons. The van der Waals surface area contributed by atoms with E-state index in [4.69, 9.17) is 11.6 Å². The fraction of sp³-hybridized carbons (Fsp3) is 0.0952. The smallest absolute Gasteiger partial charge is 0.286 e. The van der Waals surface area contributed by atoms with Crippen molar-refractivity contribution >= 4 is 39.7 Å². The van der Waals surface area contributed by atoms with Crippen molar-refractivity contribution in [3.05, 3.63) is 93.0 Å². The number of nitro benzene ring substituents is 1. The first-order valence-corrected chi connectivity index (χ1v) is 10.1. The fourth-order valence-corrected chi connectivity index (χ4v) is 4.36. The molecule has 0 aliphatic heterocycles. The van der Waals surface area contributed by atoms with E-state index in [2.05, 4.69) is 0 Å². The van der Waals surface area contributed by atoms with Gasteiger partial charge in [0.05, 0.1) is 15.7 Å². The number of amides is 1. The number of nitrogens with zero attached hydrogens (tertiary/aromatic N) is 2.